The van der Waals surface area contributed by atoms with Gasteiger partial charge in [0.15, 0.2) is 11.3 Å². The first-order valence-corrected chi connectivity index (χ1v) is 19.4. The highest BCUT2D eigenvalue weighted by Crippen LogP contribution is 2.41. The molecule has 2 aromatic carbocycles. The number of benzene rings is 2. The number of aliphatic hydroxyl groups is 4. The largest absolute Gasteiger partial charge is 0.416 e. The summed E-state index contributed by atoms with van der Waals surface area (Å²) in [6.07, 6.45) is -6.68. The summed E-state index contributed by atoms with van der Waals surface area (Å²) in [5, 5.41) is 42.7. The van der Waals surface area contributed by atoms with E-state index in [2.05, 4.69) is 25.6 Å². The number of rotatable bonds is 8. The van der Waals surface area contributed by atoms with Crippen LogP contribution in [0.25, 0.3) is 0 Å². The Labute approximate surface area is 372 Å². The van der Waals surface area contributed by atoms with Gasteiger partial charge in [0.05, 0.1) is 51.5 Å². The molecule has 0 saturated carbocycles. The molecule has 0 bridgehead atoms. The molecule has 13 nitrogen and oxygen atoms in total. The summed E-state index contributed by atoms with van der Waals surface area (Å²) in [4.78, 5) is 34.7. The van der Waals surface area contributed by atoms with Crippen molar-refractivity contribution >= 4 is 46.7 Å². The summed E-state index contributed by atoms with van der Waals surface area (Å²) in [5.74, 6) is 0. The molecule has 9 N–H and O–H groups in total. The van der Waals surface area contributed by atoms with Gasteiger partial charge in [-0.25, -0.2) is 18.4 Å². The predicted molar refractivity (Wildman–Crippen MR) is 223 cm³/mol. The second-order valence-electron chi connectivity index (χ2n) is 14.0. The molecule has 2 fully saturated rings. The molecule has 0 aliphatic carbocycles. The van der Waals surface area contributed by atoms with Gasteiger partial charge in [-0.2, -0.15) is 31.3 Å². The lowest BCUT2D eigenvalue weighted by Gasteiger charge is -2.36. The Morgan fingerprint density at radius 2 is 1.19 bits per heavy atom. The number of hydrogen-bond donors (Lipinski definition) is 7. The second kappa shape index (κ2) is 23.9. The van der Waals surface area contributed by atoms with Crippen molar-refractivity contribution in [3.63, 3.8) is 0 Å². The van der Waals surface area contributed by atoms with Crippen molar-refractivity contribution in [3.8, 4) is 0 Å². The molecule has 23 heteroatoms. The van der Waals surface area contributed by atoms with E-state index in [0.29, 0.717) is 31.5 Å². The van der Waals surface area contributed by atoms with Crippen LogP contribution >= 0.6 is 23.2 Å². The predicted octanol–water partition coefficient (Wildman–Crippen LogP) is 9.05. The Hall–Kier alpha value is -4.83. The van der Waals surface area contributed by atoms with Crippen LogP contribution in [0.15, 0.2) is 78.0 Å². The molecule has 2 aromatic heterocycles. The lowest BCUT2D eigenvalue weighted by molar-refractivity contribution is -0.138. The number of halogens is 10. The normalized spacial score (nSPS) is 16.4. The van der Waals surface area contributed by atoms with Crippen LogP contribution in [0.4, 0.5) is 51.3 Å². The van der Waals surface area contributed by atoms with E-state index in [1.807, 2.05) is 0 Å². The van der Waals surface area contributed by atoms with Gasteiger partial charge in [0.25, 0.3) is 0 Å². The number of hydrogen-bond acceptors (Lipinski definition) is 11. The monoisotopic (exact) mass is 955 g/mol. The number of alkyl halides is 8. The van der Waals surface area contributed by atoms with Crippen LogP contribution in [0.1, 0.15) is 79.0 Å². The number of nitrogens with zero attached hydrogens (tertiary/aromatic N) is 4. The van der Waals surface area contributed by atoms with E-state index in [9.17, 15) is 50.5 Å². The summed E-state index contributed by atoms with van der Waals surface area (Å²) in [6, 6.07) is 10.2. The standard InChI is InChI=1S/C20H20ClF4N3O3.C12H16ClFN2O2.C8H4F3NO.CH4.H3N/c21-15-9-12(16(30)11-29)10-26-17(15)19(22)5-7-28(8-6-19)18(31)27-14-3-1-13(2-4-14)20(23,24)25;13-9-5-8(10(18)7-17)6-16-11(9)12(14)1-3-15-4-2-12;9-8(10,11)6-1-3-7(4-2-6)12-5-13;;/h1-4,9-10,16,29-30H,5-8,11H2,(H,27,31);5-6,10,15,17-18H,1-4,7H2;1-4H;1H4;1H3/t16-;10-;;;/m11.../s1. The number of amides is 2. The third-order valence-corrected chi connectivity index (χ3v) is 10.3. The molecule has 2 aliphatic rings. The van der Waals surface area contributed by atoms with Gasteiger partial charge >= 0.3 is 18.4 Å². The first kappa shape index (κ1) is 55.3. The number of nitrogens with one attached hydrogen (secondary N) is 2. The Morgan fingerprint density at radius 1 is 0.781 bits per heavy atom. The van der Waals surface area contributed by atoms with Crippen molar-refractivity contribution in [2.75, 3.05) is 44.7 Å². The maximum Gasteiger partial charge on any atom is 0.416 e. The fourth-order valence-corrected chi connectivity index (χ4v) is 6.91. The zero-order chi connectivity index (χ0) is 45.9. The number of aliphatic hydroxyl groups excluding tert-OH is 4. The van der Waals surface area contributed by atoms with E-state index in [1.165, 1.54) is 35.5 Å². The van der Waals surface area contributed by atoms with Gasteiger partial charge in [0.1, 0.15) is 12.2 Å². The Kier molecular flexibility index (Phi) is 20.7. The number of carbonyl (C=O) groups is 1. The molecule has 2 saturated heterocycles. The minimum absolute atomic E-state index is 0. The van der Waals surface area contributed by atoms with Gasteiger partial charge in [-0.1, -0.05) is 30.6 Å². The van der Waals surface area contributed by atoms with Crippen molar-refractivity contribution in [1.82, 2.24) is 26.3 Å². The SMILES string of the molecule is C.N.O=C(Nc1ccc(C(F)(F)F)cc1)N1CCC(F)(c2ncc([C@H](O)CO)cc2Cl)CC1.O=C=Nc1ccc(C(F)(F)F)cc1.OC[C@@H](O)c1cnc(C2(F)CCNCC2)c(Cl)c1. The van der Waals surface area contributed by atoms with Crippen molar-refractivity contribution < 1.29 is 65.1 Å². The summed E-state index contributed by atoms with van der Waals surface area (Å²) < 4.78 is 104. The molecule has 4 aromatic rings. The molecule has 0 radical (unpaired) electrons. The highest BCUT2D eigenvalue weighted by atomic mass is 35.5. The average molecular weight is 957 g/mol. The van der Waals surface area contributed by atoms with Crippen molar-refractivity contribution in [3.05, 3.63) is 117 Å². The fraction of sp³-hybridized carbons (Fsp3) is 0.415. The number of aromatic nitrogens is 2. The molecule has 2 atom stereocenters. The summed E-state index contributed by atoms with van der Waals surface area (Å²) >= 11 is 12.2. The minimum Gasteiger partial charge on any atom is -0.393 e. The van der Waals surface area contributed by atoms with Gasteiger partial charge < -0.3 is 42.1 Å². The Bertz CT molecular complexity index is 2150. The van der Waals surface area contributed by atoms with Crippen molar-refractivity contribution in [2.45, 2.75) is 69.0 Å². The second-order valence-corrected chi connectivity index (χ2v) is 14.8. The first-order chi connectivity index (χ1) is 29.1. The lowest BCUT2D eigenvalue weighted by Crippen LogP contribution is -2.45. The van der Waals surface area contributed by atoms with Gasteiger partial charge in [-0.05, 0) is 86.6 Å². The number of piperidine rings is 2. The molecule has 2 aliphatic heterocycles. The number of urea groups is 1. The maximum atomic E-state index is 15.5. The number of aliphatic imine (C=N–C) groups is 1. The maximum absolute atomic E-state index is 15.5. The molecule has 0 spiro atoms. The minimum atomic E-state index is -4.47. The summed E-state index contributed by atoms with van der Waals surface area (Å²) in [7, 11) is 0. The Morgan fingerprint density at radius 3 is 1.56 bits per heavy atom. The van der Waals surface area contributed by atoms with E-state index in [4.69, 9.17) is 33.4 Å². The molecular weight excluding hydrogens is 909 g/mol. The van der Waals surface area contributed by atoms with Crippen molar-refractivity contribution in [1.29, 1.82) is 0 Å². The van der Waals surface area contributed by atoms with Crippen LogP contribution < -0.4 is 16.8 Å². The lowest BCUT2D eigenvalue weighted by atomic mass is 9.89. The van der Waals surface area contributed by atoms with Gasteiger partial charge in [-0.3, -0.25) is 9.97 Å². The third-order valence-electron chi connectivity index (χ3n) is 9.76. The van der Waals surface area contributed by atoms with Gasteiger partial charge in [-0.15, -0.1) is 0 Å². The zero-order valence-corrected chi connectivity index (χ0v) is 34.5. The third kappa shape index (κ3) is 14.9. The molecule has 0 unspecified atom stereocenters. The Balaban J connectivity index is 0.000000361. The van der Waals surface area contributed by atoms with E-state index in [0.717, 1.165) is 48.5 Å². The first-order valence-electron chi connectivity index (χ1n) is 18.6. The van der Waals surface area contributed by atoms with E-state index in [-0.39, 0.29) is 77.9 Å². The molecule has 64 heavy (non-hydrogen) atoms. The van der Waals surface area contributed by atoms with Crippen LogP contribution in [0.3, 0.4) is 0 Å². The molecule has 4 heterocycles. The van der Waals surface area contributed by atoms with Crippen LogP contribution in [-0.2, 0) is 28.5 Å². The molecular formula is C41H47Cl2F8N7O6. The number of isocyanates is 1. The van der Waals surface area contributed by atoms with Crippen molar-refractivity contribution in [2.24, 2.45) is 4.99 Å². The summed E-state index contributed by atoms with van der Waals surface area (Å²) in [5.41, 5.74) is -3.77. The van der Waals surface area contributed by atoms with Crippen LogP contribution in [0.5, 0.6) is 0 Å². The number of carbonyl (C=O) groups excluding carboxylic acids is 2. The highest BCUT2D eigenvalue weighted by Gasteiger charge is 2.41. The quantitative estimate of drug-likeness (QED) is 0.0505. The van der Waals surface area contributed by atoms with Crippen LogP contribution in [0.2, 0.25) is 10.0 Å². The average Bonchev–Trinajstić information content (AvgIpc) is 3.23. The fourth-order valence-electron chi connectivity index (χ4n) is 6.22. The van der Waals surface area contributed by atoms with E-state index in [1.54, 1.807) is 0 Å². The van der Waals surface area contributed by atoms with Crippen LogP contribution in [-0.4, -0.2) is 86.8 Å². The highest BCUT2D eigenvalue weighted by molar-refractivity contribution is 6.31. The van der Waals surface area contributed by atoms with E-state index >= 15 is 4.39 Å². The molecule has 6 rings (SSSR count). The topological polar surface area (TPSA) is 215 Å². The molecule has 352 valence electrons. The number of anilines is 1. The number of pyridine rings is 2. The zero-order valence-electron chi connectivity index (χ0n) is 33.0. The summed E-state index contributed by atoms with van der Waals surface area (Å²) in [6.45, 7) is 0.332. The number of likely N-dealkylation sites (tertiary alicyclic amines) is 1. The van der Waals surface area contributed by atoms with E-state index < -0.39 is 66.3 Å². The molecule has 2 amide bonds. The van der Waals surface area contributed by atoms with Crippen LogP contribution in [0, 0.1) is 0 Å². The van der Waals surface area contributed by atoms with Gasteiger partial charge in [0.2, 0.25) is 6.08 Å². The smallest absolute Gasteiger partial charge is 0.393 e. The van der Waals surface area contributed by atoms with Gasteiger partial charge in [0, 0.05) is 55.1 Å².